The SMILES string of the molecule is COc1ccc2c(c1)C(N)CCO2.NC1CCOc2ccccc21. The highest BCUT2D eigenvalue weighted by molar-refractivity contribution is 5.43. The van der Waals surface area contributed by atoms with Gasteiger partial charge in [0.25, 0.3) is 0 Å². The average Bonchev–Trinajstić information content (AvgIpc) is 2.63. The molecule has 0 aromatic heterocycles. The van der Waals surface area contributed by atoms with Crippen LogP contribution in [0, 0.1) is 0 Å². The zero-order valence-corrected chi connectivity index (χ0v) is 13.9. The van der Waals surface area contributed by atoms with Crippen molar-refractivity contribution in [2.75, 3.05) is 20.3 Å². The van der Waals surface area contributed by atoms with Gasteiger partial charge in [0.2, 0.25) is 0 Å². The van der Waals surface area contributed by atoms with Crippen LogP contribution < -0.4 is 25.7 Å². The van der Waals surface area contributed by atoms with Crippen molar-refractivity contribution >= 4 is 0 Å². The van der Waals surface area contributed by atoms with Crippen LogP contribution in [0.25, 0.3) is 0 Å². The van der Waals surface area contributed by atoms with Gasteiger partial charge in [-0.2, -0.15) is 0 Å². The molecule has 2 aliphatic heterocycles. The van der Waals surface area contributed by atoms with Gasteiger partial charge in [-0.3, -0.25) is 0 Å². The molecule has 0 saturated heterocycles. The summed E-state index contributed by atoms with van der Waals surface area (Å²) in [5.74, 6) is 2.67. The summed E-state index contributed by atoms with van der Waals surface area (Å²) in [6.07, 6.45) is 1.80. The van der Waals surface area contributed by atoms with Gasteiger partial charge in [0.05, 0.1) is 20.3 Å². The van der Waals surface area contributed by atoms with Crippen LogP contribution in [0.2, 0.25) is 0 Å². The second-order valence-electron chi connectivity index (χ2n) is 5.93. The Morgan fingerprint density at radius 3 is 2.17 bits per heavy atom. The summed E-state index contributed by atoms with van der Waals surface area (Å²) in [6.45, 7) is 1.46. The van der Waals surface area contributed by atoms with Crippen LogP contribution in [0.5, 0.6) is 17.2 Å². The summed E-state index contributed by atoms with van der Waals surface area (Å²) in [4.78, 5) is 0. The maximum Gasteiger partial charge on any atom is 0.124 e. The number of hydrogen-bond acceptors (Lipinski definition) is 5. The summed E-state index contributed by atoms with van der Waals surface area (Å²) in [7, 11) is 1.65. The zero-order valence-electron chi connectivity index (χ0n) is 13.9. The van der Waals surface area contributed by atoms with E-state index in [0.717, 1.165) is 47.8 Å². The van der Waals surface area contributed by atoms with Crippen molar-refractivity contribution in [1.29, 1.82) is 0 Å². The topological polar surface area (TPSA) is 79.7 Å². The Morgan fingerprint density at radius 1 is 0.875 bits per heavy atom. The third-order valence-corrected chi connectivity index (χ3v) is 4.31. The van der Waals surface area contributed by atoms with Gasteiger partial charge in [-0.15, -0.1) is 0 Å². The lowest BCUT2D eigenvalue weighted by Crippen LogP contribution is -2.20. The van der Waals surface area contributed by atoms with Crippen molar-refractivity contribution in [2.24, 2.45) is 11.5 Å². The fraction of sp³-hybridized carbons (Fsp3) is 0.368. The molecule has 128 valence electrons. The lowest BCUT2D eigenvalue weighted by atomic mass is 10.0. The Morgan fingerprint density at radius 2 is 1.50 bits per heavy atom. The molecule has 2 heterocycles. The number of para-hydroxylation sites is 1. The largest absolute Gasteiger partial charge is 0.497 e. The minimum Gasteiger partial charge on any atom is -0.497 e. The molecule has 24 heavy (non-hydrogen) atoms. The van der Waals surface area contributed by atoms with Gasteiger partial charge in [-0.1, -0.05) is 18.2 Å². The van der Waals surface area contributed by atoms with Gasteiger partial charge in [0, 0.05) is 36.1 Å². The van der Waals surface area contributed by atoms with E-state index in [-0.39, 0.29) is 12.1 Å². The molecule has 4 N–H and O–H groups in total. The quantitative estimate of drug-likeness (QED) is 0.841. The summed E-state index contributed by atoms with van der Waals surface area (Å²) in [5.41, 5.74) is 14.0. The molecule has 0 bridgehead atoms. The van der Waals surface area contributed by atoms with Crippen LogP contribution in [-0.4, -0.2) is 20.3 Å². The number of fused-ring (bicyclic) bond motifs is 2. The van der Waals surface area contributed by atoms with E-state index >= 15 is 0 Å². The third-order valence-electron chi connectivity index (χ3n) is 4.31. The van der Waals surface area contributed by atoms with E-state index in [2.05, 4.69) is 0 Å². The number of methoxy groups -OCH3 is 1. The normalized spacial score (nSPS) is 21.1. The predicted molar refractivity (Wildman–Crippen MR) is 93.5 cm³/mol. The van der Waals surface area contributed by atoms with Crippen molar-refractivity contribution in [3.05, 3.63) is 53.6 Å². The Hall–Kier alpha value is -2.24. The van der Waals surface area contributed by atoms with E-state index in [0.29, 0.717) is 6.61 Å². The highest BCUT2D eigenvalue weighted by Crippen LogP contribution is 2.33. The molecule has 2 aromatic rings. The fourth-order valence-electron chi connectivity index (χ4n) is 2.90. The van der Waals surface area contributed by atoms with E-state index < -0.39 is 0 Å². The minimum atomic E-state index is 0.0823. The molecular formula is C19H24N2O3. The van der Waals surface area contributed by atoms with Gasteiger partial charge < -0.3 is 25.7 Å². The molecule has 0 radical (unpaired) electrons. The van der Waals surface area contributed by atoms with Crippen molar-refractivity contribution in [3.8, 4) is 17.2 Å². The lowest BCUT2D eigenvalue weighted by Gasteiger charge is -2.23. The number of rotatable bonds is 1. The van der Waals surface area contributed by atoms with Crippen LogP contribution in [0.4, 0.5) is 0 Å². The Balaban J connectivity index is 0.000000143. The second kappa shape index (κ2) is 7.55. The summed E-state index contributed by atoms with van der Waals surface area (Å²) < 4.78 is 16.0. The van der Waals surface area contributed by atoms with Crippen molar-refractivity contribution in [1.82, 2.24) is 0 Å². The third kappa shape index (κ3) is 3.63. The molecule has 0 spiro atoms. The maximum atomic E-state index is 5.93. The Bertz CT molecular complexity index is 690. The number of hydrogen-bond donors (Lipinski definition) is 2. The van der Waals surface area contributed by atoms with Crippen LogP contribution in [0.1, 0.15) is 36.1 Å². The van der Waals surface area contributed by atoms with Gasteiger partial charge in [0.1, 0.15) is 17.2 Å². The standard InChI is InChI=1S/C10H13NO2.C9H11NO/c1-12-7-2-3-10-8(6-7)9(11)4-5-13-10;10-8-5-6-11-9-4-2-1-3-7(8)9/h2-3,6,9H,4-5,11H2,1H3;1-4,8H,5-6,10H2. The van der Waals surface area contributed by atoms with Crippen molar-refractivity contribution < 1.29 is 14.2 Å². The molecule has 0 saturated carbocycles. The summed E-state index contributed by atoms with van der Waals surface area (Å²) in [5, 5.41) is 0. The molecule has 0 aliphatic carbocycles. The first kappa shape index (κ1) is 16.6. The minimum absolute atomic E-state index is 0.0823. The van der Waals surface area contributed by atoms with E-state index in [1.54, 1.807) is 7.11 Å². The van der Waals surface area contributed by atoms with Gasteiger partial charge in [0.15, 0.2) is 0 Å². The molecule has 5 heteroatoms. The number of benzene rings is 2. The van der Waals surface area contributed by atoms with Gasteiger partial charge in [-0.05, 0) is 24.3 Å². The van der Waals surface area contributed by atoms with E-state index in [1.165, 1.54) is 0 Å². The molecule has 4 rings (SSSR count). The molecule has 0 amide bonds. The van der Waals surface area contributed by atoms with Gasteiger partial charge >= 0.3 is 0 Å². The molecule has 2 aliphatic rings. The van der Waals surface area contributed by atoms with E-state index in [4.69, 9.17) is 25.7 Å². The first-order valence-corrected chi connectivity index (χ1v) is 8.22. The van der Waals surface area contributed by atoms with Crippen LogP contribution in [0.15, 0.2) is 42.5 Å². The maximum absolute atomic E-state index is 5.93. The van der Waals surface area contributed by atoms with Gasteiger partial charge in [-0.25, -0.2) is 0 Å². The number of nitrogens with two attached hydrogens (primary N) is 2. The lowest BCUT2D eigenvalue weighted by molar-refractivity contribution is 0.268. The molecule has 2 unspecified atom stereocenters. The second-order valence-corrected chi connectivity index (χ2v) is 5.93. The summed E-state index contributed by atoms with van der Waals surface area (Å²) in [6, 6.07) is 13.9. The predicted octanol–water partition coefficient (Wildman–Crippen LogP) is 2.95. The monoisotopic (exact) mass is 328 g/mol. The highest BCUT2D eigenvalue weighted by Gasteiger charge is 2.18. The average molecular weight is 328 g/mol. The highest BCUT2D eigenvalue weighted by atomic mass is 16.5. The van der Waals surface area contributed by atoms with E-state index in [1.807, 2.05) is 42.5 Å². The molecule has 0 fully saturated rings. The zero-order chi connectivity index (χ0) is 16.9. The van der Waals surface area contributed by atoms with Crippen molar-refractivity contribution in [3.63, 3.8) is 0 Å². The fourth-order valence-corrected chi connectivity index (χ4v) is 2.90. The molecule has 2 atom stereocenters. The van der Waals surface area contributed by atoms with E-state index in [9.17, 15) is 0 Å². The Labute approximate surface area is 142 Å². The smallest absolute Gasteiger partial charge is 0.124 e. The molecule has 5 nitrogen and oxygen atoms in total. The van der Waals surface area contributed by atoms with Crippen LogP contribution in [-0.2, 0) is 0 Å². The summed E-state index contributed by atoms with van der Waals surface area (Å²) >= 11 is 0. The van der Waals surface area contributed by atoms with Crippen LogP contribution >= 0.6 is 0 Å². The first-order valence-electron chi connectivity index (χ1n) is 8.22. The Kier molecular flexibility index (Phi) is 5.23. The van der Waals surface area contributed by atoms with Crippen molar-refractivity contribution in [2.45, 2.75) is 24.9 Å². The van der Waals surface area contributed by atoms with Crippen LogP contribution in [0.3, 0.4) is 0 Å². The number of ether oxygens (including phenoxy) is 3. The first-order chi connectivity index (χ1) is 11.7. The molecular weight excluding hydrogens is 304 g/mol. The molecule has 2 aromatic carbocycles.